The molecule has 0 aliphatic heterocycles. The Hall–Kier alpha value is -1.17. The second kappa shape index (κ2) is 7.31. The normalized spacial score (nSPS) is 12.2. The molecule has 6 heteroatoms. The van der Waals surface area contributed by atoms with Crippen molar-refractivity contribution >= 4 is 17.5 Å². The van der Waals surface area contributed by atoms with Gasteiger partial charge in [0, 0.05) is 20.3 Å². The van der Waals surface area contributed by atoms with Crippen LogP contribution in [0.3, 0.4) is 0 Å². The third kappa shape index (κ3) is 4.60. The number of nitrogens with one attached hydrogen (secondary N) is 1. The van der Waals surface area contributed by atoms with Gasteiger partial charge in [-0.3, -0.25) is 4.79 Å². The Morgan fingerprint density at radius 3 is 2.94 bits per heavy atom. The van der Waals surface area contributed by atoms with Gasteiger partial charge in [0.05, 0.1) is 11.1 Å². The summed E-state index contributed by atoms with van der Waals surface area (Å²) < 4.78 is 17.7. The number of rotatable bonds is 6. The average Bonchev–Trinajstić information content (AvgIpc) is 2.36. The van der Waals surface area contributed by atoms with Gasteiger partial charge in [-0.25, -0.2) is 4.39 Å². The highest BCUT2D eigenvalue weighted by Gasteiger charge is 2.12. The molecule has 18 heavy (non-hydrogen) atoms. The summed E-state index contributed by atoms with van der Waals surface area (Å²) in [7, 11) is 1.55. The van der Waals surface area contributed by atoms with Crippen LogP contribution in [0.4, 0.5) is 4.39 Å². The van der Waals surface area contributed by atoms with Crippen molar-refractivity contribution in [2.45, 2.75) is 19.0 Å². The smallest absolute Gasteiger partial charge is 0.237 e. The molecule has 0 bridgehead atoms. The number of nitrogens with two attached hydrogens (primary N) is 1. The van der Waals surface area contributed by atoms with Crippen molar-refractivity contribution in [1.82, 2.24) is 5.32 Å². The van der Waals surface area contributed by atoms with Gasteiger partial charge in [-0.2, -0.15) is 0 Å². The molecule has 0 fully saturated rings. The van der Waals surface area contributed by atoms with Crippen molar-refractivity contribution in [3.63, 3.8) is 0 Å². The predicted molar refractivity (Wildman–Crippen MR) is 67.7 cm³/mol. The second-order valence-corrected chi connectivity index (χ2v) is 4.26. The van der Waals surface area contributed by atoms with E-state index in [1.807, 2.05) is 0 Å². The molecule has 0 saturated carbocycles. The van der Waals surface area contributed by atoms with Crippen molar-refractivity contribution in [1.29, 1.82) is 0 Å². The molecule has 4 nitrogen and oxygen atoms in total. The van der Waals surface area contributed by atoms with Crippen LogP contribution in [-0.4, -0.2) is 25.7 Å². The first kappa shape index (κ1) is 14.9. The zero-order chi connectivity index (χ0) is 13.5. The summed E-state index contributed by atoms with van der Waals surface area (Å²) in [5, 5.41) is 2.69. The van der Waals surface area contributed by atoms with Crippen LogP contribution in [0.25, 0.3) is 0 Å². The Balaban J connectivity index is 2.44. The first-order chi connectivity index (χ1) is 8.54. The molecule has 1 unspecified atom stereocenters. The maximum atomic E-state index is 12.9. The van der Waals surface area contributed by atoms with E-state index in [0.717, 1.165) is 0 Å². The molecule has 1 rings (SSSR count). The van der Waals surface area contributed by atoms with Gasteiger partial charge in [-0.15, -0.1) is 0 Å². The molecule has 0 aliphatic carbocycles. The Bertz CT molecular complexity index is 415. The van der Waals surface area contributed by atoms with E-state index in [1.165, 1.54) is 12.1 Å². The van der Waals surface area contributed by atoms with E-state index in [4.69, 9.17) is 22.1 Å². The standard InChI is InChI=1S/C12H16ClFN2O2/c1-18-5-4-11(15)12(17)16-7-8-2-3-10(14)9(13)6-8/h2-3,6,11H,4-5,7,15H2,1H3,(H,16,17). The van der Waals surface area contributed by atoms with Crippen molar-refractivity contribution in [3.05, 3.63) is 34.6 Å². The molecule has 100 valence electrons. The van der Waals surface area contributed by atoms with Crippen LogP contribution in [0.1, 0.15) is 12.0 Å². The number of ether oxygens (including phenoxy) is 1. The van der Waals surface area contributed by atoms with Crippen LogP contribution in [0, 0.1) is 5.82 Å². The van der Waals surface area contributed by atoms with Gasteiger partial charge in [0.25, 0.3) is 0 Å². The molecule has 0 radical (unpaired) electrons. The first-order valence-corrected chi connectivity index (χ1v) is 5.88. The van der Waals surface area contributed by atoms with Gasteiger partial charge < -0.3 is 15.8 Å². The van der Waals surface area contributed by atoms with Crippen LogP contribution in [0.15, 0.2) is 18.2 Å². The summed E-state index contributed by atoms with van der Waals surface area (Å²) in [4.78, 5) is 11.6. The predicted octanol–water partition coefficient (Wildman–Crippen LogP) is 1.46. The molecule has 0 aliphatic rings. The lowest BCUT2D eigenvalue weighted by Gasteiger charge is -2.11. The molecule has 1 amide bonds. The molecule has 0 saturated heterocycles. The van der Waals surface area contributed by atoms with E-state index in [1.54, 1.807) is 13.2 Å². The van der Waals surface area contributed by atoms with Crippen molar-refractivity contribution < 1.29 is 13.9 Å². The van der Waals surface area contributed by atoms with Crippen molar-refractivity contribution in [2.24, 2.45) is 5.73 Å². The van der Waals surface area contributed by atoms with Gasteiger partial charge in [-0.05, 0) is 24.1 Å². The second-order valence-electron chi connectivity index (χ2n) is 3.85. The van der Waals surface area contributed by atoms with Crippen LogP contribution in [0.5, 0.6) is 0 Å². The van der Waals surface area contributed by atoms with Gasteiger partial charge >= 0.3 is 0 Å². The lowest BCUT2D eigenvalue weighted by molar-refractivity contribution is -0.122. The van der Waals surface area contributed by atoms with E-state index in [-0.39, 0.29) is 17.5 Å². The molecule has 3 N–H and O–H groups in total. The van der Waals surface area contributed by atoms with Gasteiger partial charge in [0.2, 0.25) is 5.91 Å². The Kier molecular flexibility index (Phi) is 6.04. The molecular weight excluding hydrogens is 259 g/mol. The van der Waals surface area contributed by atoms with Gasteiger partial charge in [0.15, 0.2) is 0 Å². The number of halogens is 2. The van der Waals surface area contributed by atoms with E-state index >= 15 is 0 Å². The SMILES string of the molecule is COCCC(N)C(=O)NCc1ccc(F)c(Cl)c1. The summed E-state index contributed by atoms with van der Waals surface area (Å²) in [6.45, 7) is 0.691. The average molecular weight is 275 g/mol. The lowest BCUT2D eigenvalue weighted by atomic mass is 10.2. The number of hydrogen-bond donors (Lipinski definition) is 2. The van der Waals surface area contributed by atoms with Gasteiger partial charge in [0.1, 0.15) is 5.82 Å². The minimum atomic E-state index is -0.610. The zero-order valence-electron chi connectivity index (χ0n) is 10.1. The third-order valence-corrected chi connectivity index (χ3v) is 2.71. The molecule has 0 aromatic heterocycles. The highest BCUT2D eigenvalue weighted by molar-refractivity contribution is 6.30. The van der Waals surface area contributed by atoms with Crippen LogP contribution >= 0.6 is 11.6 Å². The fourth-order valence-electron chi connectivity index (χ4n) is 1.35. The fourth-order valence-corrected chi connectivity index (χ4v) is 1.55. The van der Waals surface area contributed by atoms with Crippen LogP contribution in [0.2, 0.25) is 5.02 Å². The Morgan fingerprint density at radius 2 is 2.33 bits per heavy atom. The molecule has 0 heterocycles. The minimum Gasteiger partial charge on any atom is -0.385 e. The summed E-state index contributed by atoms with van der Waals surface area (Å²) in [6, 6.07) is 3.68. The molecule has 1 aromatic rings. The molecule has 1 atom stereocenters. The van der Waals surface area contributed by atoms with E-state index in [9.17, 15) is 9.18 Å². The monoisotopic (exact) mass is 274 g/mol. The molecule has 0 spiro atoms. The highest BCUT2D eigenvalue weighted by atomic mass is 35.5. The number of carbonyl (C=O) groups is 1. The quantitative estimate of drug-likeness (QED) is 0.825. The number of hydrogen-bond acceptors (Lipinski definition) is 3. The topological polar surface area (TPSA) is 64.3 Å². The van der Waals surface area contributed by atoms with Gasteiger partial charge in [-0.1, -0.05) is 17.7 Å². The Labute approximate surface area is 110 Å². The number of benzene rings is 1. The summed E-state index contributed by atoms with van der Waals surface area (Å²) in [5.41, 5.74) is 6.36. The van der Waals surface area contributed by atoms with Crippen LogP contribution < -0.4 is 11.1 Å². The fraction of sp³-hybridized carbons (Fsp3) is 0.417. The summed E-state index contributed by atoms with van der Waals surface area (Å²) in [5.74, 6) is -0.754. The first-order valence-electron chi connectivity index (χ1n) is 5.50. The Morgan fingerprint density at radius 1 is 1.61 bits per heavy atom. The summed E-state index contributed by atoms with van der Waals surface area (Å²) >= 11 is 5.63. The van der Waals surface area contributed by atoms with E-state index in [0.29, 0.717) is 18.6 Å². The highest BCUT2D eigenvalue weighted by Crippen LogP contribution is 2.15. The van der Waals surface area contributed by atoms with Crippen molar-refractivity contribution in [2.75, 3.05) is 13.7 Å². The van der Waals surface area contributed by atoms with E-state index in [2.05, 4.69) is 5.32 Å². The maximum Gasteiger partial charge on any atom is 0.237 e. The summed E-state index contributed by atoms with van der Waals surface area (Å²) in [6.07, 6.45) is 0.451. The van der Waals surface area contributed by atoms with E-state index < -0.39 is 11.9 Å². The number of amides is 1. The number of carbonyl (C=O) groups excluding carboxylic acids is 1. The molecule has 1 aromatic carbocycles. The number of methoxy groups -OCH3 is 1. The van der Waals surface area contributed by atoms with Crippen LogP contribution in [-0.2, 0) is 16.1 Å². The largest absolute Gasteiger partial charge is 0.385 e. The maximum absolute atomic E-state index is 12.9. The molecular formula is C12H16ClFN2O2. The zero-order valence-corrected chi connectivity index (χ0v) is 10.8. The minimum absolute atomic E-state index is 0.0328. The lowest BCUT2D eigenvalue weighted by Crippen LogP contribution is -2.40. The third-order valence-electron chi connectivity index (χ3n) is 2.42. The van der Waals surface area contributed by atoms with Crippen molar-refractivity contribution in [3.8, 4) is 0 Å².